The number of esters is 2. The Hall–Kier alpha value is -3.12. The molecule has 4 N–H and O–H groups in total. The number of aliphatic hydroxyl groups is 4. The van der Waals surface area contributed by atoms with Gasteiger partial charge in [-0.05, 0) is 77.0 Å². The lowest BCUT2D eigenvalue weighted by atomic mass is 9.99. The number of allylic oxidation sites excluding steroid dienone is 14. The van der Waals surface area contributed by atoms with E-state index < -0.39 is 55.4 Å². The van der Waals surface area contributed by atoms with E-state index in [9.17, 15) is 30.0 Å². The molecule has 0 saturated carbocycles. The molecule has 0 aliphatic carbocycles. The summed E-state index contributed by atoms with van der Waals surface area (Å²) < 4.78 is 22.0. The number of carbonyl (C=O) groups is 2. The molecule has 0 aromatic rings. The Morgan fingerprint density at radius 2 is 1.05 bits per heavy atom. The van der Waals surface area contributed by atoms with Crippen molar-refractivity contribution >= 4 is 11.9 Å². The molecular formula is C48H78O10. The van der Waals surface area contributed by atoms with Gasteiger partial charge in [0.2, 0.25) is 0 Å². The van der Waals surface area contributed by atoms with Crippen molar-refractivity contribution in [3.63, 3.8) is 0 Å². The molecule has 0 bridgehead atoms. The van der Waals surface area contributed by atoms with Crippen molar-refractivity contribution < 1.29 is 49.0 Å². The van der Waals surface area contributed by atoms with E-state index >= 15 is 0 Å². The second kappa shape index (κ2) is 38.1. The molecule has 58 heavy (non-hydrogen) atoms. The first-order chi connectivity index (χ1) is 28.3. The number of rotatable bonds is 35. The Morgan fingerprint density at radius 3 is 1.60 bits per heavy atom. The number of unbranched alkanes of at least 4 members (excludes halogenated alkanes) is 10. The Labute approximate surface area is 350 Å². The molecule has 1 aliphatic heterocycles. The highest BCUT2D eigenvalue weighted by molar-refractivity contribution is 5.70. The predicted molar refractivity (Wildman–Crippen MR) is 233 cm³/mol. The van der Waals surface area contributed by atoms with Gasteiger partial charge in [0.05, 0.1) is 13.2 Å². The Balaban J connectivity index is 2.42. The highest BCUT2D eigenvalue weighted by Gasteiger charge is 2.44. The van der Waals surface area contributed by atoms with Gasteiger partial charge in [-0.15, -0.1) is 0 Å². The highest BCUT2D eigenvalue weighted by Crippen LogP contribution is 2.22. The van der Waals surface area contributed by atoms with E-state index in [-0.39, 0.29) is 26.1 Å². The lowest BCUT2D eigenvalue weighted by Gasteiger charge is -2.39. The number of aliphatic hydroxyl groups excluding tert-OH is 4. The van der Waals surface area contributed by atoms with Gasteiger partial charge < -0.3 is 39.4 Å². The van der Waals surface area contributed by atoms with Crippen LogP contribution in [0.25, 0.3) is 0 Å². The van der Waals surface area contributed by atoms with E-state index in [2.05, 4.69) is 86.8 Å². The minimum absolute atomic E-state index is 0.0987. The number of carbonyl (C=O) groups excluding carboxylic acids is 2. The standard InChI is InChI=1S/C48H78O10/c1-3-5-7-9-11-13-15-17-19-20-21-22-23-25-27-29-31-33-35-37-44(51)57-41(40-56-48-47(54)46(53)45(52)42(38-49)58-48)39-55-43(50)36-34-32-30-28-26-24-18-16-14-12-10-8-6-4-2/h5,7,11,13,16-19,21-22,25,27,31,33,41-42,45-49,52-54H,3-4,6,8-10,12,14-15,20,23-24,26,28-30,32,34-40H2,1-2H3/b7-5+,13-11+,18-16+,19-17+,22-21+,27-25+,33-31+/t41-,42-,45+,46?,47?,48-/m1/s1. The smallest absolute Gasteiger partial charge is 0.306 e. The predicted octanol–water partition coefficient (Wildman–Crippen LogP) is 9.38. The van der Waals surface area contributed by atoms with Gasteiger partial charge in [0.1, 0.15) is 31.0 Å². The van der Waals surface area contributed by atoms with E-state index in [1.54, 1.807) is 0 Å². The summed E-state index contributed by atoms with van der Waals surface area (Å²) >= 11 is 0. The van der Waals surface area contributed by atoms with Gasteiger partial charge >= 0.3 is 11.9 Å². The first-order valence-electron chi connectivity index (χ1n) is 22.2. The van der Waals surface area contributed by atoms with Crippen LogP contribution in [-0.2, 0) is 28.5 Å². The minimum atomic E-state index is -1.61. The second-order valence-corrected chi connectivity index (χ2v) is 14.8. The third kappa shape index (κ3) is 29.1. The van der Waals surface area contributed by atoms with E-state index in [1.807, 2.05) is 12.2 Å². The summed E-state index contributed by atoms with van der Waals surface area (Å²) in [7, 11) is 0. The highest BCUT2D eigenvalue weighted by atomic mass is 16.7. The Kier molecular flexibility index (Phi) is 34.8. The second-order valence-electron chi connectivity index (χ2n) is 14.8. The van der Waals surface area contributed by atoms with Crippen LogP contribution in [0.3, 0.4) is 0 Å². The molecule has 0 aromatic carbocycles. The normalized spacial score (nSPS) is 21.0. The summed E-state index contributed by atoms with van der Waals surface area (Å²) in [5.74, 6) is -0.923. The Morgan fingerprint density at radius 1 is 0.552 bits per heavy atom. The number of hydrogen-bond donors (Lipinski definition) is 4. The van der Waals surface area contributed by atoms with Crippen LogP contribution in [0.4, 0.5) is 0 Å². The zero-order valence-corrected chi connectivity index (χ0v) is 35.8. The molecule has 6 atom stereocenters. The first kappa shape index (κ1) is 52.9. The van der Waals surface area contributed by atoms with Gasteiger partial charge in [-0.2, -0.15) is 0 Å². The zero-order valence-electron chi connectivity index (χ0n) is 35.8. The molecule has 1 rings (SSSR count). The van der Waals surface area contributed by atoms with Crippen LogP contribution in [0, 0.1) is 0 Å². The monoisotopic (exact) mass is 815 g/mol. The largest absolute Gasteiger partial charge is 0.462 e. The van der Waals surface area contributed by atoms with Crippen LogP contribution in [0.2, 0.25) is 0 Å². The van der Waals surface area contributed by atoms with Crippen molar-refractivity contribution in [3.8, 4) is 0 Å². The van der Waals surface area contributed by atoms with Gasteiger partial charge in [0.15, 0.2) is 12.4 Å². The van der Waals surface area contributed by atoms with Gasteiger partial charge in [-0.25, -0.2) is 0 Å². The molecule has 1 aliphatic rings. The summed E-state index contributed by atoms with van der Waals surface area (Å²) in [6.45, 7) is 3.20. The molecule has 330 valence electrons. The van der Waals surface area contributed by atoms with Crippen molar-refractivity contribution in [1.29, 1.82) is 0 Å². The summed E-state index contributed by atoms with van der Waals surface area (Å²) in [5, 5.41) is 40.0. The molecule has 10 nitrogen and oxygen atoms in total. The number of hydrogen-bond acceptors (Lipinski definition) is 10. The molecule has 0 spiro atoms. The molecule has 0 radical (unpaired) electrons. The SMILES string of the molecule is CC/C=C/C/C=C/C/C=C/C/C=C/C/C=C/C/C=C/CCC(=O)O[C@H](COC(=O)CCCCCCC/C=C/CCCCCCC)CO[C@@H]1O[C@H](CO)[C@H](O)C(O)C1O. The van der Waals surface area contributed by atoms with Crippen molar-refractivity contribution in [2.24, 2.45) is 0 Å². The van der Waals surface area contributed by atoms with Crippen molar-refractivity contribution in [2.45, 2.75) is 185 Å². The zero-order chi connectivity index (χ0) is 42.3. The van der Waals surface area contributed by atoms with Gasteiger partial charge in [-0.3, -0.25) is 9.59 Å². The summed E-state index contributed by atoms with van der Waals surface area (Å²) in [5.41, 5.74) is 0. The fourth-order valence-electron chi connectivity index (χ4n) is 6.03. The van der Waals surface area contributed by atoms with Crippen LogP contribution >= 0.6 is 0 Å². The molecule has 1 fully saturated rings. The molecule has 1 heterocycles. The van der Waals surface area contributed by atoms with Crippen LogP contribution < -0.4 is 0 Å². The first-order valence-corrected chi connectivity index (χ1v) is 22.2. The third-order valence-electron chi connectivity index (χ3n) is 9.53. The number of ether oxygens (including phenoxy) is 4. The van der Waals surface area contributed by atoms with Crippen LogP contribution in [0.15, 0.2) is 85.1 Å². The maximum Gasteiger partial charge on any atom is 0.306 e. The molecule has 2 unspecified atom stereocenters. The summed E-state index contributed by atoms with van der Waals surface area (Å²) in [6.07, 6.45) is 41.7. The minimum Gasteiger partial charge on any atom is -0.462 e. The lowest BCUT2D eigenvalue weighted by molar-refractivity contribution is -0.305. The maximum atomic E-state index is 12.7. The Bertz CT molecular complexity index is 1220. The maximum absolute atomic E-state index is 12.7. The van der Waals surface area contributed by atoms with Crippen molar-refractivity contribution in [1.82, 2.24) is 0 Å². The van der Waals surface area contributed by atoms with E-state index in [1.165, 1.54) is 32.1 Å². The van der Waals surface area contributed by atoms with E-state index in [4.69, 9.17) is 18.9 Å². The summed E-state index contributed by atoms with van der Waals surface area (Å²) in [6, 6.07) is 0. The third-order valence-corrected chi connectivity index (χ3v) is 9.53. The average Bonchev–Trinajstić information content (AvgIpc) is 3.22. The molecule has 10 heteroatoms. The van der Waals surface area contributed by atoms with Gasteiger partial charge in [-0.1, -0.05) is 144 Å². The molecule has 0 aromatic heterocycles. The van der Waals surface area contributed by atoms with E-state index in [0.717, 1.165) is 77.0 Å². The summed E-state index contributed by atoms with van der Waals surface area (Å²) in [4.78, 5) is 25.3. The lowest BCUT2D eigenvalue weighted by Crippen LogP contribution is -2.59. The molecule has 0 amide bonds. The fourth-order valence-corrected chi connectivity index (χ4v) is 6.03. The van der Waals surface area contributed by atoms with Crippen molar-refractivity contribution in [3.05, 3.63) is 85.1 Å². The van der Waals surface area contributed by atoms with E-state index in [0.29, 0.717) is 12.8 Å². The van der Waals surface area contributed by atoms with Crippen LogP contribution in [0.1, 0.15) is 149 Å². The quantitative estimate of drug-likeness (QED) is 0.0277. The molecule has 1 saturated heterocycles. The van der Waals surface area contributed by atoms with Gasteiger partial charge in [0, 0.05) is 12.8 Å². The van der Waals surface area contributed by atoms with Crippen molar-refractivity contribution in [2.75, 3.05) is 19.8 Å². The van der Waals surface area contributed by atoms with Crippen LogP contribution in [-0.4, -0.2) is 89.0 Å². The average molecular weight is 815 g/mol. The van der Waals surface area contributed by atoms with Gasteiger partial charge in [0.25, 0.3) is 0 Å². The molecular weight excluding hydrogens is 737 g/mol. The topological polar surface area (TPSA) is 152 Å². The fraction of sp³-hybridized carbons (Fsp3) is 0.667. The van der Waals surface area contributed by atoms with Crippen LogP contribution in [0.5, 0.6) is 0 Å².